The molecule has 0 atom stereocenters. The minimum atomic E-state index is -3.49. The zero-order valence-corrected chi connectivity index (χ0v) is 12.7. The van der Waals surface area contributed by atoms with Crippen LogP contribution >= 0.6 is 0 Å². The van der Waals surface area contributed by atoms with Crippen molar-refractivity contribution in [2.75, 3.05) is 0 Å². The summed E-state index contributed by atoms with van der Waals surface area (Å²) in [5.74, 6) is 0.383. The SMILES string of the molecule is Cc1[nH]ncc1CNS(=O)(=O)c1ccc(C(C)C)cc1. The van der Waals surface area contributed by atoms with Gasteiger partial charge in [0.2, 0.25) is 10.0 Å². The van der Waals surface area contributed by atoms with Crippen LogP contribution in [0, 0.1) is 6.92 Å². The lowest BCUT2D eigenvalue weighted by molar-refractivity contribution is 0.581. The van der Waals surface area contributed by atoms with Crippen molar-refractivity contribution in [3.05, 3.63) is 47.3 Å². The number of aryl methyl sites for hydroxylation is 1. The highest BCUT2D eigenvalue weighted by Crippen LogP contribution is 2.17. The largest absolute Gasteiger partial charge is 0.283 e. The van der Waals surface area contributed by atoms with Crippen molar-refractivity contribution >= 4 is 10.0 Å². The van der Waals surface area contributed by atoms with Gasteiger partial charge in [0.05, 0.1) is 11.1 Å². The van der Waals surface area contributed by atoms with Crippen molar-refractivity contribution in [1.29, 1.82) is 0 Å². The van der Waals surface area contributed by atoms with Crippen molar-refractivity contribution in [3.8, 4) is 0 Å². The summed E-state index contributed by atoms with van der Waals surface area (Å²) < 4.78 is 26.9. The van der Waals surface area contributed by atoms with Gasteiger partial charge in [-0.1, -0.05) is 26.0 Å². The van der Waals surface area contributed by atoms with Gasteiger partial charge < -0.3 is 0 Å². The van der Waals surface area contributed by atoms with Gasteiger partial charge in [0.15, 0.2) is 0 Å². The molecular formula is C14H19N3O2S. The molecule has 108 valence electrons. The fraction of sp³-hybridized carbons (Fsp3) is 0.357. The quantitative estimate of drug-likeness (QED) is 0.888. The number of nitrogens with one attached hydrogen (secondary N) is 2. The standard InChI is InChI=1S/C14H19N3O2S/c1-10(2)12-4-6-14(7-5-12)20(18,19)16-9-13-8-15-17-11(13)3/h4-8,10,16H,9H2,1-3H3,(H,15,17). The molecule has 1 heterocycles. The number of aromatic nitrogens is 2. The molecule has 2 rings (SSSR count). The molecule has 0 bridgehead atoms. The molecule has 5 nitrogen and oxygen atoms in total. The summed E-state index contributed by atoms with van der Waals surface area (Å²) >= 11 is 0. The van der Waals surface area contributed by atoms with Gasteiger partial charge in [-0.15, -0.1) is 0 Å². The monoisotopic (exact) mass is 293 g/mol. The normalized spacial score (nSPS) is 12.0. The summed E-state index contributed by atoms with van der Waals surface area (Å²) in [6.07, 6.45) is 1.62. The highest BCUT2D eigenvalue weighted by atomic mass is 32.2. The molecule has 0 aliphatic heterocycles. The third-order valence-electron chi connectivity index (χ3n) is 3.24. The zero-order valence-electron chi connectivity index (χ0n) is 11.8. The molecule has 1 aromatic heterocycles. The van der Waals surface area contributed by atoms with E-state index in [1.807, 2.05) is 19.1 Å². The average Bonchev–Trinajstić information content (AvgIpc) is 2.82. The molecule has 0 saturated carbocycles. The number of H-pyrrole nitrogens is 1. The van der Waals surface area contributed by atoms with Crippen LogP contribution in [0.15, 0.2) is 35.4 Å². The van der Waals surface area contributed by atoms with Crippen LogP contribution in [0.2, 0.25) is 0 Å². The Kier molecular flexibility index (Phi) is 4.25. The van der Waals surface area contributed by atoms with Crippen molar-refractivity contribution < 1.29 is 8.42 Å². The maximum atomic E-state index is 12.2. The fourth-order valence-electron chi connectivity index (χ4n) is 1.84. The Hall–Kier alpha value is -1.66. The Morgan fingerprint density at radius 3 is 2.40 bits per heavy atom. The number of hydrogen-bond donors (Lipinski definition) is 2. The summed E-state index contributed by atoms with van der Waals surface area (Å²) in [7, 11) is -3.49. The van der Waals surface area contributed by atoms with Gasteiger partial charge in [-0.25, -0.2) is 13.1 Å². The second kappa shape index (κ2) is 5.76. The van der Waals surface area contributed by atoms with Crippen molar-refractivity contribution in [1.82, 2.24) is 14.9 Å². The number of nitrogens with zero attached hydrogens (tertiary/aromatic N) is 1. The van der Waals surface area contributed by atoms with Crippen molar-refractivity contribution in [3.63, 3.8) is 0 Å². The van der Waals surface area contributed by atoms with E-state index in [0.29, 0.717) is 5.92 Å². The molecule has 0 spiro atoms. The highest BCUT2D eigenvalue weighted by Gasteiger charge is 2.14. The first-order chi connectivity index (χ1) is 9.40. The Labute approximate surface area is 119 Å². The first-order valence-electron chi connectivity index (χ1n) is 6.48. The predicted molar refractivity (Wildman–Crippen MR) is 77.9 cm³/mol. The number of aromatic amines is 1. The minimum Gasteiger partial charge on any atom is -0.283 e. The van der Waals surface area contributed by atoms with Gasteiger partial charge in [-0.3, -0.25) is 5.10 Å². The van der Waals surface area contributed by atoms with Crippen LogP contribution < -0.4 is 4.72 Å². The average molecular weight is 293 g/mol. The summed E-state index contributed by atoms with van der Waals surface area (Å²) in [5.41, 5.74) is 2.82. The second-order valence-electron chi connectivity index (χ2n) is 5.07. The molecule has 0 aliphatic rings. The van der Waals surface area contributed by atoms with Gasteiger partial charge in [-0.05, 0) is 30.5 Å². The van der Waals surface area contributed by atoms with E-state index in [-0.39, 0.29) is 11.4 Å². The number of rotatable bonds is 5. The lowest BCUT2D eigenvalue weighted by atomic mass is 10.0. The van der Waals surface area contributed by atoms with Crippen LogP contribution in [-0.4, -0.2) is 18.6 Å². The van der Waals surface area contributed by atoms with E-state index in [9.17, 15) is 8.42 Å². The minimum absolute atomic E-state index is 0.233. The molecule has 0 aliphatic carbocycles. The van der Waals surface area contributed by atoms with Crippen LogP contribution in [0.5, 0.6) is 0 Å². The fourth-order valence-corrected chi connectivity index (χ4v) is 2.85. The van der Waals surface area contributed by atoms with Gasteiger partial charge in [0, 0.05) is 17.8 Å². The Balaban J connectivity index is 2.12. The molecule has 20 heavy (non-hydrogen) atoms. The van der Waals surface area contributed by atoms with Gasteiger partial charge >= 0.3 is 0 Å². The van der Waals surface area contributed by atoms with Crippen molar-refractivity contribution in [2.45, 2.75) is 38.1 Å². The molecule has 0 radical (unpaired) electrons. The second-order valence-corrected chi connectivity index (χ2v) is 6.84. The van der Waals surface area contributed by atoms with E-state index in [2.05, 4.69) is 28.8 Å². The lowest BCUT2D eigenvalue weighted by Crippen LogP contribution is -2.23. The third-order valence-corrected chi connectivity index (χ3v) is 4.66. The van der Waals surface area contributed by atoms with Crippen LogP contribution in [0.4, 0.5) is 0 Å². The van der Waals surface area contributed by atoms with E-state index >= 15 is 0 Å². The number of sulfonamides is 1. The van der Waals surface area contributed by atoms with E-state index in [1.54, 1.807) is 18.3 Å². The summed E-state index contributed by atoms with van der Waals surface area (Å²) in [6, 6.07) is 6.98. The summed E-state index contributed by atoms with van der Waals surface area (Å²) in [4.78, 5) is 0.281. The highest BCUT2D eigenvalue weighted by molar-refractivity contribution is 7.89. The van der Waals surface area contributed by atoms with Crippen molar-refractivity contribution in [2.24, 2.45) is 0 Å². The smallest absolute Gasteiger partial charge is 0.240 e. The van der Waals surface area contributed by atoms with Gasteiger partial charge in [0.25, 0.3) is 0 Å². The Morgan fingerprint density at radius 1 is 1.25 bits per heavy atom. The first kappa shape index (κ1) is 14.7. The molecule has 6 heteroatoms. The predicted octanol–water partition coefficient (Wildman–Crippen LogP) is 2.32. The maximum Gasteiger partial charge on any atom is 0.240 e. The molecular weight excluding hydrogens is 274 g/mol. The first-order valence-corrected chi connectivity index (χ1v) is 7.97. The van der Waals surface area contributed by atoms with Gasteiger partial charge in [-0.2, -0.15) is 5.10 Å². The molecule has 2 N–H and O–H groups in total. The maximum absolute atomic E-state index is 12.2. The summed E-state index contributed by atoms with van der Waals surface area (Å²) in [6.45, 7) is 6.23. The molecule has 1 aromatic carbocycles. The topological polar surface area (TPSA) is 74.8 Å². The molecule has 0 amide bonds. The third kappa shape index (κ3) is 3.26. The molecule has 0 fully saturated rings. The number of benzene rings is 1. The lowest BCUT2D eigenvalue weighted by Gasteiger charge is -2.09. The van der Waals surface area contributed by atoms with Crippen LogP contribution in [-0.2, 0) is 16.6 Å². The van der Waals surface area contributed by atoms with E-state index < -0.39 is 10.0 Å². The molecule has 0 unspecified atom stereocenters. The van der Waals surface area contributed by atoms with E-state index in [1.165, 1.54) is 0 Å². The van der Waals surface area contributed by atoms with E-state index in [4.69, 9.17) is 0 Å². The zero-order chi connectivity index (χ0) is 14.8. The Bertz CT molecular complexity index is 673. The Morgan fingerprint density at radius 2 is 1.90 bits per heavy atom. The van der Waals surface area contributed by atoms with E-state index in [0.717, 1.165) is 16.8 Å². The van der Waals surface area contributed by atoms with Crippen LogP contribution in [0.3, 0.4) is 0 Å². The summed E-state index contributed by atoms with van der Waals surface area (Å²) in [5, 5.41) is 6.65. The molecule has 2 aromatic rings. The van der Waals surface area contributed by atoms with Crippen LogP contribution in [0.25, 0.3) is 0 Å². The van der Waals surface area contributed by atoms with Gasteiger partial charge in [0.1, 0.15) is 0 Å². The molecule has 0 saturated heterocycles. The number of hydrogen-bond acceptors (Lipinski definition) is 3. The van der Waals surface area contributed by atoms with Crippen LogP contribution in [0.1, 0.15) is 36.6 Å².